The first-order chi connectivity index (χ1) is 12.1. The normalized spacial score (nSPS) is 15.0. The van der Waals surface area contributed by atoms with Crippen molar-refractivity contribution >= 4 is 27.3 Å². The molecule has 0 aliphatic carbocycles. The molecular weight excluding hydrogens is 384 g/mol. The highest BCUT2D eigenvalue weighted by atomic mass is 79.9. The fourth-order valence-corrected chi connectivity index (χ4v) is 3.49. The number of hydrogen-bond donors (Lipinski definition) is 1. The van der Waals surface area contributed by atoms with Crippen LogP contribution >= 0.6 is 15.9 Å². The van der Waals surface area contributed by atoms with Crippen LogP contribution in [0.2, 0.25) is 0 Å². The number of quaternary nitrogens is 1. The van der Waals surface area contributed by atoms with Crippen LogP contribution in [0.15, 0.2) is 46.9 Å². The molecule has 0 amide bonds. The van der Waals surface area contributed by atoms with E-state index in [-0.39, 0.29) is 10.6 Å². The van der Waals surface area contributed by atoms with E-state index in [4.69, 9.17) is 5.26 Å². The van der Waals surface area contributed by atoms with E-state index < -0.39 is 0 Å². The van der Waals surface area contributed by atoms with Gasteiger partial charge in [0.15, 0.2) is 0 Å². The Morgan fingerprint density at radius 3 is 2.48 bits per heavy atom. The number of piperazine rings is 1. The Kier molecular flexibility index (Phi) is 5.31. The predicted molar refractivity (Wildman–Crippen MR) is 98.6 cm³/mol. The number of nitrogens with one attached hydrogen (secondary N) is 1. The Morgan fingerprint density at radius 2 is 1.88 bits per heavy atom. The third-order valence-electron chi connectivity index (χ3n) is 4.48. The standard InChI is InChI=1S/C18H17BrN4O2/c19-16-5-6-17(18(11-16)23(24)25)22-9-7-21(8-10-22)13-15-3-1-14(12-20)2-4-15/h1-6,11H,7-10,13H2/p+1. The summed E-state index contributed by atoms with van der Waals surface area (Å²) in [7, 11) is 0. The lowest BCUT2D eigenvalue weighted by atomic mass is 10.1. The van der Waals surface area contributed by atoms with Gasteiger partial charge in [-0.3, -0.25) is 10.1 Å². The highest BCUT2D eigenvalue weighted by molar-refractivity contribution is 9.10. The summed E-state index contributed by atoms with van der Waals surface area (Å²) in [6.45, 7) is 4.32. The average Bonchev–Trinajstić information content (AvgIpc) is 2.63. The van der Waals surface area contributed by atoms with Crippen LogP contribution in [0.25, 0.3) is 0 Å². The summed E-state index contributed by atoms with van der Waals surface area (Å²) in [5, 5.41) is 20.2. The van der Waals surface area contributed by atoms with Gasteiger partial charge in [-0.05, 0) is 24.3 Å². The van der Waals surface area contributed by atoms with E-state index in [0.717, 1.165) is 32.7 Å². The molecule has 3 rings (SSSR count). The van der Waals surface area contributed by atoms with Gasteiger partial charge in [-0.25, -0.2) is 0 Å². The third kappa shape index (κ3) is 4.16. The highest BCUT2D eigenvalue weighted by Gasteiger charge is 2.25. The van der Waals surface area contributed by atoms with Crippen molar-refractivity contribution in [2.75, 3.05) is 31.1 Å². The van der Waals surface area contributed by atoms with Crippen molar-refractivity contribution in [2.45, 2.75) is 6.54 Å². The molecule has 1 fully saturated rings. The fourth-order valence-electron chi connectivity index (χ4n) is 3.14. The maximum absolute atomic E-state index is 11.3. The summed E-state index contributed by atoms with van der Waals surface area (Å²) in [6, 6.07) is 15.0. The summed E-state index contributed by atoms with van der Waals surface area (Å²) in [5.74, 6) is 0. The van der Waals surface area contributed by atoms with E-state index in [1.54, 1.807) is 6.07 Å². The predicted octanol–water partition coefficient (Wildman–Crippen LogP) is 2.13. The van der Waals surface area contributed by atoms with Crippen LogP contribution in [-0.4, -0.2) is 31.1 Å². The summed E-state index contributed by atoms with van der Waals surface area (Å²) in [4.78, 5) is 14.5. The molecule has 1 aliphatic heterocycles. The van der Waals surface area contributed by atoms with Gasteiger partial charge in [-0.15, -0.1) is 0 Å². The summed E-state index contributed by atoms with van der Waals surface area (Å²) >= 11 is 3.30. The van der Waals surface area contributed by atoms with Crippen molar-refractivity contribution in [1.29, 1.82) is 5.26 Å². The first-order valence-corrected chi connectivity index (χ1v) is 8.87. The molecule has 0 atom stereocenters. The van der Waals surface area contributed by atoms with Gasteiger partial charge in [0.2, 0.25) is 0 Å². The topological polar surface area (TPSA) is 74.6 Å². The molecule has 25 heavy (non-hydrogen) atoms. The SMILES string of the molecule is N#Cc1ccc(C[NH+]2CCN(c3ccc(Br)cc3[N+](=O)[O-])CC2)cc1. The molecule has 0 unspecified atom stereocenters. The zero-order valence-electron chi connectivity index (χ0n) is 13.6. The molecule has 0 radical (unpaired) electrons. The van der Waals surface area contributed by atoms with Gasteiger partial charge in [0.05, 0.1) is 42.7 Å². The number of hydrogen-bond acceptors (Lipinski definition) is 4. The van der Waals surface area contributed by atoms with Gasteiger partial charge >= 0.3 is 0 Å². The van der Waals surface area contributed by atoms with E-state index in [0.29, 0.717) is 15.7 Å². The summed E-state index contributed by atoms with van der Waals surface area (Å²) in [6.07, 6.45) is 0. The van der Waals surface area contributed by atoms with Crippen LogP contribution in [0.1, 0.15) is 11.1 Å². The lowest BCUT2D eigenvalue weighted by Gasteiger charge is -2.33. The van der Waals surface area contributed by atoms with Crippen molar-refractivity contribution in [3.63, 3.8) is 0 Å². The Labute approximate surface area is 154 Å². The smallest absolute Gasteiger partial charge is 0.293 e. The number of benzene rings is 2. The van der Waals surface area contributed by atoms with Crippen LogP contribution in [0.5, 0.6) is 0 Å². The van der Waals surface area contributed by atoms with Crippen molar-refractivity contribution in [3.05, 3.63) is 68.2 Å². The second kappa shape index (κ2) is 7.64. The average molecular weight is 402 g/mol. The molecule has 2 aromatic carbocycles. The number of nitriles is 1. The van der Waals surface area contributed by atoms with E-state index >= 15 is 0 Å². The first-order valence-electron chi connectivity index (χ1n) is 8.08. The maximum atomic E-state index is 11.3. The van der Waals surface area contributed by atoms with E-state index in [9.17, 15) is 10.1 Å². The first kappa shape index (κ1) is 17.4. The van der Waals surface area contributed by atoms with E-state index in [1.165, 1.54) is 10.5 Å². The molecule has 0 bridgehead atoms. The maximum Gasteiger partial charge on any atom is 0.293 e. The van der Waals surface area contributed by atoms with Gasteiger partial charge in [0.1, 0.15) is 12.2 Å². The Balaban J connectivity index is 1.64. The minimum atomic E-state index is -0.323. The monoisotopic (exact) mass is 401 g/mol. The van der Waals surface area contributed by atoms with E-state index in [2.05, 4.69) is 26.9 Å². The van der Waals surface area contributed by atoms with Crippen LogP contribution in [0, 0.1) is 21.4 Å². The molecular formula is C18H18BrN4O2+. The number of halogens is 1. The minimum Gasteiger partial charge on any atom is -0.355 e. The molecule has 128 valence electrons. The lowest BCUT2D eigenvalue weighted by molar-refractivity contribution is -0.914. The van der Waals surface area contributed by atoms with Gasteiger partial charge in [-0.2, -0.15) is 5.26 Å². The second-order valence-corrected chi connectivity index (χ2v) is 7.03. The van der Waals surface area contributed by atoms with Crippen LogP contribution in [0.4, 0.5) is 11.4 Å². The molecule has 1 aliphatic rings. The van der Waals surface area contributed by atoms with Gasteiger partial charge in [0.25, 0.3) is 5.69 Å². The molecule has 1 N–H and O–H groups in total. The summed E-state index contributed by atoms with van der Waals surface area (Å²) in [5.41, 5.74) is 2.71. The van der Waals surface area contributed by atoms with Crippen molar-refractivity contribution in [1.82, 2.24) is 0 Å². The molecule has 7 heteroatoms. The van der Waals surface area contributed by atoms with Crippen LogP contribution in [0.3, 0.4) is 0 Å². The fraction of sp³-hybridized carbons (Fsp3) is 0.278. The molecule has 1 heterocycles. The molecule has 0 saturated carbocycles. The quantitative estimate of drug-likeness (QED) is 0.628. The zero-order chi connectivity index (χ0) is 17.8. The van der Waals surface area contributed by atoms with Gasteiger partial charge < -0.3 is 9.80 Å². The van der Waals surface area contributed by atoms with Crippen molar-refractivity contribution in [2.24, 2.45) is 0 Å². The van der Waals surface area contributed by atoms with Crippen LogP contribution in [-0.2, 0) is 6.54 Å². The van der Waals surface area contributed by atoms with Crippen molar-refractivity contribution in [3.8, 4) is 6.07 Å². The molecule has 0 aromatic heterocycles. The number of nitro groups is 1. The number of anilines is 1. The lowest BCUT2D eigenvalue weighted by Crippen LogP contribution is -3.13. The van der Waals surface area contributed by atoms with Gasteiger partial charge in [0, 0.05) is 16.1 Å². The Hall–Kier alpha value is -2.43. The largest absolute Gasteiger partial charge is 0.355 e. The molecule has 2 aromatic rings. The van der Waals surface area contributed by atoms with Crippen molar-refractivity contribution < 1.29 is 9.82 Å². The van der Waals surface area contributed by atoms with Crippen LogP contribution < -0.4 is 9.80 Å². The zero-order valence-corrected chi connectivity index (χ0v) is 15.2. The Bertz CT molecular complexity index is 809. The molecule has 6 nitrogen and oxygen atoms in total. The van der Waals surface area contributed by atoms with Gasteiger partial charge in [-0.1, -0.05) is 28.1 Å². The highest BCUT2D eigenvalue weighted by Crippen LogP contribution is 2.31. The second-order valence-electron chi connectivity index (χ2n) is 6.11. The van der Waals surface area contributed by atoms with E-state index in [1.807, 2.05) is 36.4 Å². The Morgan fingerprint density at radius 1 is 1.20 bits per heavy atom. The number of nitro benzene ring substituents is 1. The summed E-state index contributed by atoms with van der Waals surface area (Å²) < 4.78 is 0.716. The number of rotatable bonds is 4. The molecule has 0 spiro atoms. The third-order valence-corrected chi connectivity index (χ3v) is 4.98. The molecule has 1 saturated heterocycles. The minimum absolute atomic E-state index is 0.143. The number of nitrogens with zero attached hydrogens (tertiary/aromatic N) is 3.